The summed E-state index contributed by atoms with van der Waals surface area (Å²) < 4.78 is 26.3. The van der Waals surface area contributed by atoms with Crippen LogP contribution in [0.3, 0.4) is 0 Å². The SMILES string of the molecule is CCC(C)CCCCCCCCC(=O)O[C@H](COC(=O)CCCCCCCCCCCCCCCCC(C)C)COP(=O)(O)O. The molecule has 0 fully saturated rings. The van der Waals surface area contributed by atoms with E-state index in [9.17, 15) is 14.2 Å². The molecule has 8 nitrogen and oxygen atoms in total. The van der Waals surface area contributed by atoms with Gasteiger partial charge in [0.05, 0.1) is 6.61 Å². The normalized spacial score (nSPS) is 13.2. The van der Waals surface area contributed by atoms with Crippen LogP contribution in [-0.4, -0.2) is 41.0 Å². The average molecular weight is 663 g/mol. The van der Waals surface area contributed by atoms with Crippen LogP contribution in [-0.2, 0) is 28.2 Å². The smallest absolute Gasteiger partial charge is 0.462 e. The van der Waals surface area contributed by atoms with Crippen molar-refractivity contribution < 1.29 is 37.9 Å². The van der Waals surface area contributed by atoms with Crippen LogP contribution in [0.2, 0.25) is 0 Å². The minimum atomic E-state index is -4.74. The van der Waals surface area contributed by atoms with Gasteiger partial charge in [-0.2, -0.15) is 0 Å². The summed E-state index contributed by atoms with van der Waals surface area (Å²) >= 11 is 0. The fourth-order valence-electron chi connectivity index (χ4n) is 5.42. The Hall–Kier alpha value is -0.950. The van der Waals surface area contributed by atoms with Crippen molar-refractivity contribution in [2.45, 2.75) is 194 Å². The minimum Gasteiger partial charge on any atom is -0.462 e. The second kappa shape index (κ2) is 30.4. The van der Waals surface area contributed by atoms with Crippen LogP contribution < -0.4 is 0 Å². The summed E-state index contributed by atoms with van der Waals surface area (Å²) in [5, 5.41) is 0. The van der Waals surface area contributed by atoms with Crippen molar-refractivity contribution in [3.8, 4) is 0 Å². The Morgan fingerprint density at radius 3 is 1.40 bits per heavy atom. The first-order valence-electron chi connectivity index (χ1n) is 18.6. The second-order valence-electron chi connectivity index (χ2n) is 13.6. The molecule has 0 saturated heterocycles. The Bertz CT molecular complexity index is 739. The van der Waals surface area contributed by atoms with Gasteiger partial charge in [-0.25, -0.2) is 4.57 Å². The van der Waals surface area contributed by atoms with E-state index in [1.54, 1.807) is 0 Å². The van der Waals surface area contributed by atoms with Gasteiger partial charge in [-0.15, -0.1) is 0 Å². The molecule has 268 valence electrons. The molecule has 0 aliphatic rings. The Balaban J connectivity index is 3.90. The molecule has 0 aliphatic carbocycles. The number of rotatable bonds is 33. The largest absolute Gasteiger partial charge is 0.469 e. The zero-order valence-corrected chi connectivity index (χ0v) is 30.5. The maximum absolute atomic E-state index is 12.3. The van der Waals surface area contributed by atoms with Crippen LogP contribution >= 0.6 is 7.82 Å². The van der Waals surface area contributed by atoms with E-state index < -0.39 is 32.5 Å². The highest BCUT2D eigenvalue weighted by molar-refractivity contribution is 7.46. The fraction of sp³-hybridized carbons (Fsp3) is 0.944. The summed E-state index contributed by atoms with van der Waals surface area (Å²) in [4.78, 5) is 42.6. The molecule has 0 amide bonds. The van der Waals surface area contributed by atoms with Gasteiger partial charge in [-0.3, -0.25) is 14.1 Å². The highest BCUT2D eigenvalue weighted by Gasteiger charge is 2.22. The molecule has 1 unspecified atom stereocenters. The topological polar surface area (TPSA) is 119 Å². The van der Waals surface area contributed by atoms with E-state index in [1.807, 2.05) is 0 Å². The van der Waals surface area contributed by atoms with Gasteiger partial charge in [0.1, 0.15) is 6.61 Å². The summed E-state index contributed by atoms with van der Waals surface area (Å²) in [7, 11) is -4.74. The van der Waals surface area contributed by atoms with Crippen LogP contribution in [0.1, 0.15) is 188 Å². The van der Waals surface area contributed by atoms with Crippen LogP contribution in [0.25, 0.3) is 0 Å². The molecule has 0 saturated carbocycles. The molecular formula is C36H71O8P. The first kappa shape index (κ1) is 44.0. The molecule has 0 aromatic heterocycles. The first-order valence-corrected chi connectivity index (χ1v) is 20.1. The van der Waals surface area contributed by atoms with Crippen molar-refractivity contribution in [3.05, 3.63) is 0 Å². The molecular weight excluding hydrogens is 591 g/mol. The molecule has 0 radical (unpaired) electrons. The zero-order valence-electron chi connectivity index (χ0n) is 29.6. The molecule has 0 heterocycles. The van der Waals surface area contributed by atoms with E-state index in [0.717, 1.165) is 50.4 Å². The van der Waals surface area contributed by atoms with E-state index in [-0.39, 0.29) is 19.4 Å². The molecule has 2 N–H and O–H groups in total. The van der Waals surface area contributed by atoms with Gasteiger partial charge in [0.2, 0.25) is 0 Å². The fourth-order valence-corrected chi connectivity index (χ4v) is 5.78. The quantitative estimate of drug-likeness (QED) is 0.0405. The minimum absolute atomic E-state index is 0.214. The number of ether oxygens (including phenoxy) is 2. The van der Waals surface area contributed by atoms with Gasteiger partial charge >= 0.3 is 19.8 Å². The second-order valence-corrected chi connectivity index (χ2v) is 14.9. The van der Waals surface area contributed by atoms with Crippen molar-refractivity contribution in [1.29, 1.82) is 0 Å². The lowest BCUT2D eigenvalue weighted by atomic mass is 10.00. The summed E-state index contributed by atoms with van der Waals surface area (Å²) in [5.74, 6) is 0.736. The number of phosphoric acid groups is 1. The summed E-state index contributed by atoms with van der Waals surface area (Å²) in [6.45, 7) is 8.30. The number of unbranched alkanes of at least 4 members (excludes halogenated alkanes) is 18. The van der Waals surface area contributed by atoms with Gasteiger partial charge in [-0.05, 0) is 24.7 Å². The van der Waals surface area contributed by atoms with E-state index in [1.165, 1.54) is 103 Å². The maximum atomic E-state index is 12.3. The third kappa shape index (κ3) is 34.2. The molecule has 45 heavy (non-hydrogen) atoms. The van der Waals surface area contributed by atoms with E-state index in [2.05, 4.69) is 32.2 Å². The third-order valence-corrected chi connectivity index (χ3v) is 9.08. The lowest BCUT2D eigenvalue weighted by Gasteiger charge is -2.18. The van der Waals surface area contributed by atoms with Crippen molar-refractivity contribution in [2.75, 3.05) is 13.2 Å². The van der Waals surface area contributed by atoms with Crippen LogP contribution in [0.4, 0.5) is 0 Å². The summed E-state index contributed by atoms with van der Waals surface area (Å²) in [6, 6.07) is 0. The number of phosphoric ester groups is 1. The number of hydrogen-bond acceptors (Lipinski definition) is 6. The predicted octanol–water partition coefficient (Wildman–Crippen LogP) is 10.6. The monoisotopic (exact) mass is 662 g/mol. The molecule has 0 spiro atoms. The Morgan fingerprint density at radius 1 is 0.578 bits per heavy atom. The van der Waals surface area contributed by atoms with E-state index in [0.29, 0.717) is 6.42 Å². The van der Waals surface area contributed by atoms with Crippen molar-refractivity contribution in [1.82, 2.24) is 0 Å². The number of carbonyl (C=O) groups is 2. The lowest BCUT2D eigenvalue weighted by Crippen LogP contribution is -2.29. The molecule has 9 heteroatoms. The Morgan fingerprint density at radius 2 is 0.978 bits per heavy atom. The predicted molar refractivity (Wildman–Crippen MR) is 184 cm³/mol. The summed E-state index contributed by atoms with van der Waals surface area (Å²) in [6.07, 6.45) is 27.0. The maximum Gasteiger partial charge on any atom is 0.469 e. The van der Waals surface area contributed by atoms with Gasteiger partial charge in [0, 0.05) is 12.8 Å². The highest BCUT2D eigenvalue weighted by atomic mass is 31.2. The molecule has 0 aliphatic heterocycles. The Kier molecular flexibility index (Phi) is 29.7. The van der Waals surface area contributed by atoms with Crippen LogP contribution in [0.15, 0.2) is 0 Å². The number of carbonyl (C=O) groups excluding carboxylic acids is 2. The third-order valence-electron chi connectivity index (χ3n) is 8.59. The molecule has 0 bridgehead atoms. The van der Waals surface area contributed by atoms with Gasteiger partial charge < -0.3 is 19.3 Å². The van der Waals surface area contributed by atoms with Gasteiger partial charge in [0.15, 0.2) is 6.10 Å². The summed E-state index contributed by atoms with van der Waals surface area (Å²) in [5.41, 5.74) is 0. The zero-order chi connectivity index (χ0) is 33.6. The van der Waals surface area contributed by atoms with Crippen molar-refractivity contribution >= 4 is 19.8 Å². The highest BCUT2D eigenvalue weighted by Crippen LogP contribution is 2.36. The van der Waals surface area contributed by atoms with E-state index >= 15 is 0 Å². The Labute approximate surface area is 276 Å². The van der Waals surface area contributed by atoms with Crippen LogP contribution in [0, 0.1) is 11.8 Å². The van der Waals surface area contributed by atoms with Crippen molar-refractivity contribution in [2.24, 2.45) is 11.8 Å². The molecule has 0 rings (SSSR count). The van der Waals surface area contributed by atoms with E-state index in [4.69, 9.17) is 19.3 Å². The number of hydrogen-bond donors (Lipinski definition) is 2. The average Bonchev–Trinajstić information content (AvgIpc) is 2.98. The van der Waals surface area contributed by atoms with Crippen LogP contribution in [0.5, 0.6) is 0 Å². The van der Waals surface area contributed by atoms with Gasteiger partial charge in [-0.1, -0.05) is 163 Å². The first-order chi connectivity index (χ1) is 21.5. The molecule has 0 aromatic rings. The molecule has 2 atom stereocenters. The lowest BCUT2D eigenvalue weighted by molar-refractivity contribution is -0.161. The molecule has 0 aromatic carbocycles. The standard InChI is InChI=1S/C36H71O8P/c1-5-33(4)27-23-19-16-17-21-25-29-36(38)44-34(31-43-45(39,40)41)30-42-35(37)28-24-20-15-13-11-9-7-6-8-10-12-14-18-22-26-32(2)3/h32-34H,5-31H2,1-4H3,(H2,39,40,41)/t33?,34-/m1/s1. The van der Waals surface area contributed by atoms with Gasteiger partial charge in [0.25, 0.3) is 0 Å². The number of esters is 2. The van der Waals surface area contributed by atoms with Crippen molar-refractivity contribution in [3.63, 3.8) is 0 Å².